The van der Waals surface area contributed by atoms with Gasteiger partial charge in [-0.3, -0.25) is 9.52 Å². The average molecular weight is 469 g/mol. The lowest BCUT2D eigenvalue weighted by Gasteiger charge is -2.17. The van der Waals surface area contributed by atoms with Crippen LogP contribution in [0.25, 0.3) is 0 Å². The topological polar surface area (TPSA) is 93.7 Å². The van der Waals surface area contributed by atoms with Gasteiger partial charge in [0.2, 0.25) is 0 Å². The van der Waals surface area contributed by atoms with Crippen molar-refractivity contribution >= 4 is 21.6 Å². The number of anilines is 1. The molecule has 3 aromatic carbocycles. The molecule has 0 aliphatic heterocycles. The average Bonchev–Trinajstić information content (AvgIpc) is 2.77. The lowest BCUT2D eigenvalue weighted by atomic mass is 10.1. The second-order valence-corrected chi connectivity index (χ2v) is 9.46. The van der Waals surface area contributed by atoms with E-state index in [1.807, 2.05) is 51.1 Å². The van der Waals surface area contributed by atoms with Crippen molar-refractivity contribution in [3.63, 3.8) is 0 Å². The molecule has 0 aliphatic carbocycles. The molecular formula is C25H28N2O5S. The Morgan fingerprint density at radius 2 is 1.61 bits per heavy atom. The molecule has 7 nitrogen and oxygen atoms in total. The molecule has 0 saturated carbocycles. The molecule has 8 heteroatoms. The highest BCUT2D eigenvalue weighted by atomic mass is 32.2. The van der Waals surface area contributed by atoms with Gasteiger partial charge < -0.3 is 14.8 Å². The van der Waals surface area contributed by atoms with Crippen molar-refractivity contribution in [1.29, 1.82) is 0 Å². The summed E-state index contributed by atoms with van der Waals surface area (Å²) >= 11 is 0. The van der Waals surface area contributed by atoms with Gasteiger partial charge in [0.05, 0.1) is 18.0 Å². The summed E-state index contributed by atoms with van der Waals surface area (Å²) in [7, 11) is -2.16. The lowest BCUT2D eigenvalue weighted by Crippen LogP contribution is -2.31. The number of carbonyl (C=O) groups excluding carboxylic acids is 1. The van der Waals surface area contributed by atoms with Crippen LogP contribution in [-0.2, 0) is 14.8 Å². The van der Waals surface area contributed by atoms with E-state index in [1.54, 1.807) is 19.2 Å². The minimum atomic E-state index is -3.74. The molecule has 33 heavy (non-hydrogen) atoms. The maximum Gasteiger partial charge on any atom is 0.261 e. The van der Waals surface area contributed by atoms with Crippen LogP contribution in [0.1, 0.15) is 29.7 Å². The Balaban J connectivity index is 1.58. The van der Waals surface area contributed by atoms with Crippen LogP contribution < -0.4 is 19.5 Å². The standard InChI is InChI=1S/C25H28N2O5S/c1-17-13-18(2)15-20(14-17)27-33(29,30)22-11-9-21(10-12-22)32-16-25(28)26-19(3)23-7-5-6-8-24(23)31-4/h5-15,19,27H,16H2,1-4H3,(H,26,28)/t19-/m1/s1. The molecule has 0 saturated heterocycles. The Bertz CT molecular complexity index is 1200. The van der Waals surface area contributed by atoms with E-state index in [9.17, 15) is 13.2 Å². The maximum absolute atomic E-state index is 12.7. The third-order valence-corrected chi connectivity index (χ3v) is 6.36. The molecule has 2 N–H and O–H groups in total. The van der Waals surface area contributed by atoms with E-state index in [-0.39, 0.29) is 23.5 Å². The van der Waals surface area contributed by atoms with Gasteiger partial charge in [-0.25, -0.2) is 8.42 Å². The summed E-state index contributed by atoms with van der Waals surface area (Å²) in [6.07, 6.45) is 0. The Morgan fingerprint density at radius 1 is 0.970 bits per heavy atom. The fourth-order valence-electron chi connectivity index (χ4n) is 3.50. The molecule has 0 bridgehead atoms. The maximum atomic E-state index is 12.7. The Morgan fingerprint density at radius 3 is 2.24 bits per heavy atom. The molecule has 0 aromatic heterocycles. The van der Waals surface area contributed by atoms with Crippen molar-refractivity contribution in [2.24, 2.45) is 0 Å². The summed E-state index contributed by atoms with van der Waals surface area (Å²) in [4.78, 5) is 12.4. The summed E-state index contributed by atoms with van der Waals surface area (Å²) in [5, 5.41) is 2.86. The van der Waals surface area contributed by atoms with Crippen molar-refractivity contribution in [2.45, 2.75) is 31.7 Å². The van der Waals surface area contributed by atoms with Gasteiger partial charge >= 0.3 is 0 Å². The van der Waals surface area contributed by atoms with E-state index >= 15 is 0 Å². The molecule has 174 valence electrons. The van der Waals surface area contributed by atoms with Crippen LogP contribution in [0.15, 0.2) is 71.6 Å². The first-order chi connectivity index (χ1) is 15.7. The molecule has 1 amide bonds. The van der Waals surface area contributed by atoms with Crippen LogP contribution in [0.4, 0.5) is 5.69 Å². The van der Waals surface area contributed by atoms with Crippen molar-refractivity contribution in [3.05, 3.63) is 83.4 Å². The number of sulfonamides is 1. The minimum Gasteiger partial charge on any atom is -0.496 e. The monoisotopic (exact) mass is 468 g/mol. The molecule has 3 aromatic rings. The summed E-state index contributed by atoms with van der Waals surface area (Å²) < 4.78 is 38.8. The van der Waals surface area contributed by atoms with Gasteiger partial charge in [0, 0.05) is 11.3 Å². The van der Waals surface area contributed by atoms with Gasteiger partial charge in [0.1, 0.15) is 11.5 Å². The minimum absolute atomic E-state index is 0.100. The van der Waals surface area contributed by atoms with E-state index in [1.165, 1.54) is 24.3 Å². The van der Waals surface area contributed by atoms with Crippen LogP contribution in [0.2, 0.25) is 0 Å². The third-order valence-electron chi connectivity index (χ3n) is 4.96. The van der Waals surface area contributed by atoms with Gasteiger partial charge in [-0.15, -0.1) is 0 Å². The predicted molar refractivity (Wildman–Crippen MR) is 128 cm³/mol. The summed E-state index contributed by atoms with van der Waals surface area (Å²) in [5.74, 6) is 0.777. The molecular weight excluding hydrogens is 440 g/mol. The van der Waals surface area contributed by atoms with Gasteiger partial charge in [-0.2, -0.15) is 0 Å². The zero-order valence-corrected chi connectivity index (χ0v) is 19.9. The predicted octanol–water partition coefficient (Wildman–Crippen LogP) is 4.37. The van der Waals surface area contributed by atoms with Crippen LogP contribution in [0, 0.1) is 13.8 Å². The van der Waals surface area contributed by atoms with E-state index in [4.69, 9.17) is 9.47 Å². The largest absolute Gasteiger partial charge is 0.496 e. The first kappa shape index (κ1) is 24.1. The molecule has 0 fully saturated rings. The van der Waals surface area contributed by atoms with Crippen LogP contribution in [-0.4, -0.2) is 28.0 Å². The molecule has 1 atom stereocenters. The number of nitrogens with one attached hydrogen (secondary N) is 2. The molecule has 0 unspecified atom stereocenters. The Labute approximate surface area is 194 Å². The highest BCUT2D eigenvalue weighted by Crippen LogP contribution is 2.24. The highest BCUT2D eigenvalue weighted by Gasteiger charge is 2.16. The van der Waals surface area contributed by atoms with Gasteiger partial charge in [-0.1, -0.05) is 24.3 Å². The smallest absolute Gasteiger partial charge is 0.261 e. The number of ether oxygens (including phenoxy) is 2. The zero-order chi connectivity index (χ0) is 24.0. The fraction of sp³-hybridized carbons (Fsp3) is 0.240. The zero-order valence-electron chi connectivity index (χ0n) is 19.1. The third kappa shape index (κ3) is 6.49. The second-order valence-electron chi connectivity index (χ2n) is 7.77. The van der Waals surface area contributed by atoms with Gasteiger partial charge in [0.15, 0.2) is 6.61 Å². The van der Waals surface area contributed by atoms with Crippen molar-refractivity contribution in [2.75, 3.05) is 18.4 Å². The summed E-state index contributed by atoms with van der Waals surface area (Å²) in [6, 6.07) is 18.6. The number of hydrogen-bond donors (Lipinski definition) is 2. The molecule has 0 heterocycles. The summed E-state index contributed by atoms with van der Waals surface area (Å²) in [5.41, 5.74) is 3.30. The van der Waals surface area contributed by atoms with Gasteiger partial charge in [0.25, 0.3) is 15.9 Å². The van der Waals surface area contributed by atoms with Crippen LogP contribution in [0.3, 0.4) is 0 Å². The van der Waals surface area contributed by atoms with Crippen molar-refractivity contribution in [3.8, 4) is 11.5 Å². The fourth-order valence-corrected chi connectivity index (χ4v) is 4.54. The molecule has 0 spiro atoms. The SMILES string of the molecule is COc1ccccc1[C@@H](C)NC(=O)COc1ccc(S(=O)(=O)Nc2cc(C)cc(C)c2)cc1. The quantitative estimate of drug-likeness (QED) is 0.486. The number of para-hydroxylation sites is 1. The van der Waals surface area contributed by atoms with Crippen molar-refractivity contribution in [1.82, 2.24) is 5.32 Å². The number of methoxy groups -OCH3 is 1. The normalized spacial score (nSPS) is 12.0. The van der Waals surface area contributed by atoms with E-state index in [0.29, 0.717) is 17.2 Å². The first-order valence-corrected chi connectivity index (χ1v) is 11.9. The lowest BCUT2D eigenvalue weighted by molar-refractivity contribution is -0.123. The molecule has 0 aliphatic rings. The highest BCUT2D eigenvalue weighted by molar-refractivity contribution is 7.92. The molecule has 3 rings (SSSR count). The summed E-state index contributed by atoms with van der Waals surface area (Å²) in [6.45, 7) is 5.47. The van der Waals surface area contributed by atoms with Crippen LogP contribution >= 0.6 is 0 Å². The Kier molecular flexibility index (Phi) is 7.60. The Hall–Kier alpha value is -3.52. The molecule has 0 radical (unpaired) electrons. The van der Waals surface area contributed by atoms with E-state index < -0.39 is 10.0 Å². The number of rotatable bonds is 9. The number of carbonyl (C=O) groups is 1. The number of benzene rings is 3. The second kappa shape index (κ2) is 10.4. The van der Waals surface area contributed by atoms with Gasteiger partial charge in [-0.05, 0) is 74.4 Å². The van der Waals surface area contributed by atoms with E-state index in [2.05, 4.69) is 10.0 Å². The number of hydrogen-bond acceptors (Lipinski definition) is 5. The number of amides is 1. The number of aryl methyl sites for hydroxylation is 2. The van der Waals surface area contributed by atoms with Crippen molar-refractivity contribution < 1.29 is 22.7 Å². The first-order valence-electron chi connectivity index (χ1n) is 10.4. The van der Waals surface area contributed by atoms with Crippen LogP contribution in [0.5, 0.6) is 11.5 Å². The van der Waals surface area contributed by atoms with E-state index in [0.717, 1.165) is 16.7 Å².